The van der Waals surface area contributed by atoms with Crippen molar-refractivity contribution in [3.8, 4) is 0 Å². The molecule has 88 valence electrons. The highest BCUT2D eigenvalue weighted by Gasteiger charge is 2.32. The van der Waals surface area contributed by atoms with Crippen molar-refractivity contribution in [1.82, 2.24) is 4.90 Å². The van der Waals surface area contributed by atoms with Crippen molar-refractivity contribution in [1.29, 1.82) is 0 Å². The SMILES string of the molecule is COC(=O)C(CN)N1CC(C)CCC1C. The first-order valence-electron chi connectivity index (χ1n) is 5.63. The first kappa shape index (κ1) is 12.5. The molecule has 1 aliphatic rings. The molecule has 0 bridgehead atoms. The van der Waals surface area contributed by atoms with Crippen molar-refractivity contribution in [2.24, 2.45) is 11.7 Å². The minimum atomic E-state index is -0.271. The second kappa shape index (κ2) is 5.47. The second-order valence-corrected chi connectivity index (χ2v) is 4.50. The van der Waals surface area contributed by atoms with Gasteiger partial charge in [0.2, 0.25) is 0 Å². The van der Waals surface area contributed by atoms with Gasteiger partial charge in [-0.1, -0.05) is 6.92 Å². The number of methoxy groups -OCH3 is 1. The number of piperidine rings is 1. The maximum atomic E-state index is 11.6. The van der Waals surface area contributed by atoms with E-state index in [0.717, 1.165) is 13.0 Å². The Morgan fingerprint density at radius 1 is 1.53 bits per heavy atom. The summed E-state index contributed by atoms with van der Waals surface area (Å²) in [6.07, 6.45) is 2.37. The third kappa shape index (κ3) is 2.92. The van der Waals surface area contributed by atoms with Gasteiger partial charge in [-0.2, -0.15) is 0 Å². The van der Waals surface area contributed by atoms with Gasteiger partial charge in [0.1, 0.15) is 6.04 Å². The maximum absolute atomic E-state index is 11.6. The van der Waals surface area contributed by atoms with Crippen LogP contribution in [0.3, 0.4) is 0 Å². The highest BCUT2D eigenvalue weighted by atomic mass is 16.5. The van der Waals surface area contributed by atoms with Crippen LogP contribution in [0, 0.1) is 5.92 Å². The van der Waals surface area contributed by atoms with Gasteiger partial charge in [0, 0.05) is 19.1 Å². The van der Waals surface area contributed by atoms with Gasteiger partial charge < -0.3 is 10.5 Å². The lowest BCUT2D eigenvalue weighted by Crippen LogP contribution is -2.54. The van der Waals surface area contributed by atoms with Crippen molar-refractivity contribution < 1.29 is 9.53 Å². The van der Waals surface area contributed by atoms with Crippen LogP contribution < -0.4 is 5.73 Å². The lowest BCUT2D eigenvalue weighted by Gasteiger charge is -2.40. The van der Waals surface area contributed by atoms with Gasteiger partial charge in [0.15, 0.2) is 0 Å². The molecule has 3 unspecified atom stereocenters. The standard InChI is InChI=1S/C11H22N2O2/c1-8-4-5-9(2)13(7-8)10(6-12)11(14)15-3/h8-10H,4-7,12H2,1-3H3. The number of likely N-dealkylation sites (tertiary alicyclic amines) is 1. The zero-order valence-electron chi connectivity index (χ0n) is 9.90. The highest BCUT2D eigenvalue weighted by Crippen LogP contribution is 2.23. The Kier molecular flexibility index (Phi) is 4.54. The summed E-state index contributed by atoms with van der Waals surface area (Å²) in [6, 6.07) is 0.154. The molecule has 1 fully saturated rings. The molecule has 1 rings (SSSR count). The van der Waals surface area contributed by atoms with Gasteiger partial charge in [-0.25, -0.2) is 0 Å². The molecule has 0 aliphatic carbocycles. The van der Waals surface area contributed by atoms with Crippen LogP contribution in [0.4, 0.5) is 0 Å². The lowest BCUT2D eigenvalue weighted by atomic mass is 9.93. The normalized spacial score (nSPS) is 29.9. The van der Waals surface area contributed by atoms with Crippen molar-refractivity contribution in [3.63, 3.8) is 0 Å². The Balaban J connectivity index is 2.68. The van der Waals surface area contributed by atoms with Crippen LogP contribution >= 0.6 is 0 Å². The predicted octanol–water partition coefficient (Wildman–Crippen LogP) is 0.607. The molecule has 0 amide bonds. The molecule has 0 saturated carbocycles. The molecule has 1 aliphatic heterocycles. The number of hydrogen-bond donors (Lipinski definition) is 1. The van der Waals surface area contributed by atoms with E-state index in [1.807, 2.05) is 0 Å². The minimum absolute atomic E-state index is 0.210. The Labute approximate surface area is 91.8 Å². The van der Waals surface area contributed by atoms with Gasteiger partial charge in [0.25, 0.3) is 0 Å². The van der Waals surface area contributed by atoms with Gasteiger partial charge in [0.05, 0.1) is 7.11 Å². The summed E-state index contributed by atoms with van der Waals surface area (Å²) in [7, 11) is 1.42. The number of rotatable bonds is 3. The maximum Gasteiger partial charge on any atom is 0.324 e. The molecule has 4 nitrogen and oxygen atoms in total. The van der Waals surface area contributed by atoms with Crippen LogP contribution in [0.15, 0.2) is 0 Å². The zero-order chi connectivity index (χ0) is 11.4. The predicted molar refractivity (Wildman–Crippen MR) is 59.4 cm³/mol. The molecule has 0 aromatic rings. The number of hydrogen-bond acceptors (Lipinski definition) is 4. The average Bonchev–Trinajstić information content (AvgIpc) is 2.23. The van der Waals surface area contributed by atoms with E-state index in [1.54, 1.807) is 0 Å². The van der Waals surface area contributed by atoms with E-state index < -0.39 is 0 Å². The number of ether oxygens (including phenoxy) is 1. The largest absolute Gasteiger partial charge is 0.468 e. The second-order valence-electron chi connectivity index (χ2n) is 4.50. The minimum Gasteiger partial charge on any atom is -0.468 e. The molecule has 0 spiro atoms. The molecule has 0 aromatic heterocycles. The quantitative estimate of drug-likeness (QED) is 0.699. The Morgan fingerprint density at radius 3 is 2.73 bits per heavy atom. The molecule has 4 heteroatoms. The van der Waals surface area contributed by atoms with E-state index >= 15 is 0 Å². The summed E-state index contributed by atoms with van der Waals surface area (Å²) in [4.78, 5) is 13.7. The van der Waals surface area contributed by atoms with Gasteiger partial charge in [-0.05, 0) is 25.7 Å². The fraction of sp³-hybridized carbons (Fsp3) is 0.909. The van der Waals surface area contributed by atoms with Crippen LogP contribution in [-0.4, -0.2) is 43.2 Å². The fourth-order valence-electron chi connectivity index (χ4n) is 2.26. The molecule has 0 radical (unpaired) electrons. The van der Waals surface area contributed by atoms with Crippen LogP contribution in [-0.2, 0) is 9.53 Å². The first-order valence-corrected chi connectivity index (χ1v) is 5.63. The van der Waals surface area contributed by atoms with Crippen molar-refractivity contribution in [3.05, 3.63) is 0 Å². The Morgan fingerprint density at radius 2 is 2.20 bits per heavy atom. The Bertz CT molecular complexity index is 221. The average molecular weight is 214 g/mol. The summed E-state index contributed by atoms with van der Waals surface area (Å²) >= 11 is 0. The smallest absolute Gasteiger partial charge is 0.324 e. The first-order chi connectivity index (χ1) is 7.10. The van der Waals surface area contributed by atoms with Crippen LogP contribution in [0.1, 0.15) is 26.7 Å². The number of carbonyl (C=O) groups excluding carboxylic acids is 1. The van der Waals surface area contributed by atoms with E-state index in [2.05, 4.69) is 18.7 Å². The third-order valence-electron chi connectivity index (χ3n) is 3.26. The van der Waals surface area contributed by atoms with Crippen LogP contribution in [0.2, 0.25) is 0 Å². The van der Waals surface area contributed by atoms with E-state index in [9.17, 15) is 4.79 Å². The highest BCUT2D eigenvalue weighted by molar-refractivity contribution is 5.76. The summed E-state index contributed by atoms with van der Waals surface area (Å²) in [5, 5.41) is 0. The molecular weight excluding hydrogens is 192 g/mol. The molecular formula is C11H22N2O2. The van der Waals surface area contributed by atoms with Crippen molar-refractivity contribution >= 4 is 5.97 Å². The van der Waals surface area contributed by atoms with Gasteiger partial charge >= 0.3 is 5.97 Å². The number of nitrogens with two attached hydrogens (primary N) is 1. The van der Waals surface area contributed by atoms with E-state index in [4.69, 9.17) is 10.5 Å². The zero-order valence-corrected chi connectivity index (χ0v) is 9.90. The fourth-order valence-corrected chi connectivity index (χ4v) is 2.26. The summed E-state index contributed by atoms with van der Waals surface area (Å²) in [6.45, 7) is 5.64. The van der Waals surface area contributed by atoms with Crippen LogP contribution in [0.25, 0.3) is 0 Å². The summed E-state index contributed by atoms with van der Waals surface area (Å²) in [5.41, 5.74) is 5.65. The molecule has 1 saturated heterocycles. The molecule has 0 aromatic carbocycles. The van der Waals surface area contributed by atoms with Gasteiger partial charge in [-0.15, -0.1) is 0 Å². The third-order valence-corrected chi connectivity index (χ3v) is 3.26. The van der Waals surface area contributed by atoms with Gasteiger partial charge in [-0.3, -0.25) is 9.69 Å². The van der Waals surface area contributed by atoms with E-state index in [1.165, 1.54) is 13.5 Å². The van der Waals surface area contributed by atoms with Crippen molar-refractivity contribution in [2.45, 2.75) is 38.8 Å². The topological polar surface area (TPSA) is 55.6 Å². The molecule has 2 N–H and O–H groups in total. The summed E-state index contributed by atoms with van der Waals surface area (Å²) < 4.78 is 4.78. The van der Waals surface area contributed by atoms with Crippen LogP contribution in [0.5, 0.6) is 0 Å². The monoisotopic (exact) mass is 214 g/mol. The Hall–Kier alpha value is -0.610. The summed E-state index contributed by atoms with van der Waals surface area (Å²) in [5.74, 6) is 0.429. The molecule has 3 atom stereocenters. The van der Waals surface area contributed by atoms with E-state index in [0.29, 0.717) is 18.5 Å². The lowest BCUT2D eigenvalue weighted by molar-refractivity contribution is -0.148. The number of carbonyl (C=O) groups is 1. The van der Waals surface area contributed by atoms with E-state index in [-0.39, 0.29) is 12.0 Å². The molecule has 1 heterocycles. The number of nitrogens with zero attached hydrogens (tertiary/aromatic N) is 1. The number of esters is 1. The molecule has 15 heavy (non-hydrogen) atoms. The van der Waals surface area contributed by atoms with Crippen molar-refractivity contribution in [2.75, 3.05) is 20.2 Å².